The van der Waals surface area contributed by atoms with Gasteiger partial charge in [-0.05, 0) is 48.0 Å². The standard InChI is InChI=1S/C11H14BrClN2O/c1-7(2)15-11(16)6-14-8-3-4-9(12)10(13)5-8/h3-5,7,14H,6H2,1-2H3,(H,15,16). The fourth-order valence-electron chi connectivity index (χ4n) is 1.16. The Bertz CT molecular complexity index is 382. The molecule has 0 unspecified atom stereocenters. The van der Waals surface area contributed by atoms with Crippen LogP contribution in [0.3, 0.4) is 0 Å². The highest BCUT2D eigenvalue weighted by Crippen LogP contribution is 2.25. The summed E-state index contributed by atoms with van der Waals surface area (Å²) >= 11 is 9.23. The minimum atomic E-state index is -0.0333. The summed E-state index contributed by atoms with van der Waals surface area (Å²) in [6.07, 6.45) is 0. The Balaban J connectivity index is 2.48. The van der Waals surface area contributed by atoms with Crippen LogP contribution in [0.25, 0.3) is 0 Å². The van der Waals surface area contributed by atoms with Crippen LogP contribution >= 0.6 is 27.5 Å². The average Bonchev–Trinajstić information content (AvgIpc) is 2.19. The number of halogens is 2. The molecule has 88 valence electrons. The van der Waals surface area contributed by atoms with Crippen LogP contribution in [-0.2, 0) is 4.79 Å². The Morgan fingerprint density at radius 1 is 1.50 bits per heavy atom. The van der Waals surface area contributed by atoms with E-state index in [1.807, 2.05) is 26.0 Å². The minimum absolute atomic E-state index is 0.0333. The first-order valence-electron chi connectivity index (χ1n) is 4.97. The van der Waals surface area contributed by atoms with Crippen molar-refractivity contribution in [1.82, 2.24) is 5.32 Å². The second-order valence-corrected chi connectivity index (χ2v) is 4.97. The zero-order chi connectivity index (χ0) is 12.1. The molecule has 16 heavy (non-hydrogen) atoms. The molecule has 0 saturated carbocycles. The lowest BCUT2D eigenvalue weighted by Crippen LogP contribution is -2.34. The molecule has 0 spiro atoms. The van der Waals surface area contributed by atoms with Gasteiger partial charge in [0, 0.05) is 16.2 Å². The molecule has 0 radical (unpaired) electrons. The predicted octanol–water partition coefficient (Wildman–Crippen LogP) is 3.04. The molecule has 1 rings (SSSR count). The molecule has 0 aliphatic rings. The molecular weight excluding hydrogens is 291 g/mol. The van der Waals surface area contributed by atoms with Crippen LogP contribution in [0, 0.1) is 0 Å². The molecule has 0 aromatic heterocycles. The highest BCUT2D eigenvalue weighted by atomic mass is 79.9. The largest absolute Gasteiger partial charge is 0.376 e. The molecule has 0 aliphatic heterocycles. The van der Waals surface area contributed by atoms with Gasteiger partial charge in [0.2, 0.25) is 5.91 Å². The average molecular weight is 306 g/mol. The van der Waals surface area contributed by atoms with Gasteiger partial charge in [-0.2, -0.15) is 0 Å². The number of benzene rings is 1. The quantitative estimate of drug-likeness (QED) is 0.898. The maximum absolute atomic E-state index is 11.4. The van der Waals surface area contributed by atoms with Crippen LogP contribution in [-0.4, -0.2) is 18.5 Å². The number of carbonyl (C=O) groups excluding carboxylic acids is 1. The molecule has 0 saturated heterocycles. The second-order valence-electron chi connectivity index (χ2n) is 3.70. The van der Waals surface area contributed by atoms with E-state index in [0.717, 1.165) is 10.2 Å². The van der Waals surface area contributed by atoms with Gasteiger partial charge < -0.3 is 10.6 Å². The SMILES string of the molecule is CC(C)NC(=O)CNc1ccc(Br)c(Cl)c1. The van der Waals surface area contributed by atoms with Gasteiger partial charge in [0.1, 0.15) is 0 Å². The van der Waals surface area contributed by atoms with Crippen molar-refractivity contribution >= 4 is 39.1 Å². The Labute approximate surface area is 109 Å². The van der Waals surface area contributed by atoms with Gasteiger partial charge in [-0.3, -0.25) is 4.79 Å². The van der Waals surface area contributed by atoms with Gasteiger partial charge in [0.25, 0.3) is 0 Å². The zero-order valence-electron chi connectivity index (χ0n) is 9.18. The normalized spacial score (nSPS) is 10.3. The summed E-state index contributed by atoms with van der Waals surface area (Å²) in [5.41, 5.74) is 0.826. The van der Waals surface area contributed by atoms with E-state index >= 15 is 0 Å². The molecule has 5 heteroatoms. The Kier molecular flexibility index (Phi) is 5.09. The summed E-state index contributed by atoms with van der Waals surface area (Å²) in [5.74, 6) is -0.0333. The van der Waals surface area contributed by atoms with Crippen molar-refractivity contribution in [2.45, 2.75) is 19.9 Å². The maximum atomic E-state index is 11.4. The monoisotopic (exact) mass is 304 g/mol. The zero-order valence-corrected chi connectivity index (χ0v) is 11.5. The highest BCUT2D eigenvalue weighted by Gasteiger charge is 2.03. The van der Waals surface area contributed by atoms with E-state index in [1.54, 1.807) is 6.07 Å². The Hall–Kier alpha value is -0.740. The molecule has 0 atom stereocenters. The van der Waals surface area contributed by atoms with Crippen molar-refractivity contribution in [3.05, 3.63) is 27.7 Å². The maximum Gasteiger partial charge on any atom is 0.239 e. The second kappa shape index (κ2) is 6.11. The van der Waals surface area contributed by atoms with E-state index in [4.69, 9.17) is 11.6 Å². The van der Waals surface area contributed by atoms with E-state index in [2.05, 4.69) is 26.6 Å². The summed E-state index contributed by atoms with van der Waals surface area (Å²) in [6, 6.07) is 5.63. The van der Waals surface area contributed by atoms with Gasteiger partial charge in [-0.1, -0.05) is 11.6 Å². The Morgan fingerprint density at radius 2 is 2.19 bits per heavy atom. The topological polar surface area (TPSA) is 41.1 Å². The van der Waals surface area contributed by atoms with E-state index in [9.17, 15) is 4.79 Å². The summed E-state index contributed by atoms with van der Waals surface area (Å²) in [6.45, 7) is 4.10. The molecule has 0 heterocycles. The third-order valence-electron chi connectivity index (χ3n) is 1.82. The van der Waals surface area contributed by atoms with Crippen LogP contribution in [0.2, 0.25) is 5.02 Å². The Morgan fingerprint density at radius 3 is 2.75 bits per heavy atom. The van der Waals surface area contributed by atoms with E-state index in [0.29, 0.717) is 5.02 Å². The number of nitrogens with one attached hydrogen (secondary N) is 2. The molecule has 0 bridgehead atoms. The molecular formula is C11H14BrClN2O. The van der Waals surface area contributed by atoms with Gasteiger partial charge in [0.05, 0.1) is 11.6 Å². The fourth-order valence-corrected chi connectivity index (χ4v) is 1.59. The van der Waals surface area contributed by atoms with Crippen LogP contribution in [0.4, 0.5) is 5.69 Å². The molecule has 0 aliphatic carbocycles. The predicted molar refractivity (Wildman–Crippen MR) is 70.9 cm³/mol. The molecule has 1 amide bonds. The third kappa shape index (κ3) is 4.41. The van der Waals surface area contributed by atoms with E-state index in [1.165, 1.54) is 0 Å². The smallest absolute Gasteiger partial charge is 0.239 e. The van der Waals surface area contributed by atoms with Crippen molar-refractivity contribution in [1.29, 1.82) is 0 Å². The summed E-state index contributed by atoms with van der Waals surface area (Å²) in [4.78, 5) is 11.4. The van der Waals surface area contributed by atoms with E-state index in [-0.39, 0.29) is 18.5 Å². The van der Waals surface area contributed by atoms with Gasteiger partial charge in [-0.25, -0.2) is 0 Å². The minimum Gasteiger partial charge on any atom is -0.376 e. The number of anilines is 1. The summed E-state index contributed by atoms with van der Waals surface area (Å²) in [7, 11) is 0. The molecule has 0 fully saturated rings. The van der Waals surface area contributed by atoms with Gasteiger partial charge >= 0.3 is 0 Å². The molecule has 1 aromatic carbocycles. The number of rotatable bonds is 4. The van der Waals surface area contributed by atoms with Crippen molar-refractivity contribution in [2.75, 3.05) is 11.9 Å². The first-order chi connectivity index (χ1) is 7.49. The summed E-state index contributed by atoms with van der Waals surface area (Å²) < 4.78 is 0.839. The molecule has 2 N–H and O–H groups in total. The fraction of sp³-hybridized carbons (Fsp3) is 0.364. The van der Waals surface area contributed by atoms with Gasteiger partial charge in [-0.15, -0.1) is 0 Å². The first kappa shape index (κ1) is 13.3. The van der Waals surface area contributed by atoms with Crippen LogP contribution < -0.4 is 10.6 Å². The molecule has 3 nitrogen and oxygen atoms in total. The van der Waals surface area contributed by atoms with Crippen molar-refractivity contribution in [3.63, 3.8) is 0 Å². The summed E-state index contributed by atoms with van der Waals surface area (Å²) in [5, 5.41) is 6.42. The van der Waals surface area contributed by atoms with E-state index < -0.39 is 0 Å². The van der Waals surface area contributed by atoms with Crippen molar-refractivity contribution in [2.24, 2.45) is 0 Å². The van der Waals surface area contributed by atoms with Crippen molar-refractivity contribution < 1.29 is 4.79 Å². The lowest BCUT2D eigenvalue weighted by molar-refractivity contribution is -0.119. The number of amides is 1. The highest BCUT2D eigenvalue weighted by molar-refractivity contribution is 9.10. The van der Waals surface area contributed by atoms with Crippen LogP contribution in [0.5, 0.6) is 0 Å². The van der Waals surface area contributed by atoms with Crippen LogP contribution in [0.1, 0.15) is 13.8 Å². The first-order valence-corrected chi connectivity index (χ1v) is 6.14. The van der Waals surface area contributed by atoms with Crippen molar-refractivity contribution in [3.8, 4) is 0 Å². The van der Waals surface area contributed by atoms with Gasteiger partial charge in [0.15, 0.2) is 0 Å². The molecule has 1 aromatic rings. The number of hydrogen-bond donors (Lipinski definition) is 2. The lowest BCUT2D eigenvalue weighted by Gasteiger charge is -2.10. The number of hydrogen-bond acceptors (Lipinski definition) is 2. The third-order valence-corrected chi connectivity index (χ3v) is 3.05. The lowest BCUT2D eigenvalue weighted by atomic mass is 10.3. The van der Waals surface area contributed by atoms with Crippen LogP contribution in [0.15, 0.2) is 22.7 Å². The number of carbonyl (C=O) groups is 1.